The number of benzene rings is 1. The molecule has 1 heterocycles. The molecular weight excluding hydrogens is 190 g/mol. The first-order valence-corrected chi connectivity index (χ1v) is 4.67. The highest BCUT2D eigenvalue weighted by Gasteiger charge is 2.12. The number of hydrogen-bond acceptors (Lipinski definition) is 3. The van der Waals surface area contributed by atoms with E-state index in [-0.39, 0.29) is 0 Å². The molecule has 1 aromatic carbocycles. The minimum absolute atomic E-state index is 0.627. The van der Waals surface area contributed by atoms with Crippen LogP contribution in [0.1, 0.15) is 5.56 Å². The molecule has 1 aromatic heterocycles. The number of ether oxygens (including phenoxy) is 1. The summed E-state index contributed by atoms with van der Waals surface area (Å²) < 4.78 is 5.30. The van der Waals surface area contributed by atoms with E-state index >= 15 is 0 Å². The second-order valence-electron chi connectivity index (χ2n) is 3.35. The summed E-state index contributed by atoms with van der Waals surface area (Å²) in [7, 11) is 1.64. The van der Waals surface area contributed by atoms with Crippen molar-refractivity contribution in [2.45, 2.75) is 6.92 Å². The average molecular weight is 203 g/mol. The summed E-state index contributed by atoms with van der Waals surface area (Å²) in [6.07, 6.45) is 1.60. The van der Waals surface area contributed by atoms with Crippen molar-refractivity contribution in [2.24, 2.45) is 0 Å². The van der Waals surface area contributed by atoms with E-state index < -0.39 is 0 Å². The molecule has 0 saturated heterocycles. The van der Waals surface area contributed by atoms with E-state index in [4.69, 9.17) is 10.5 Å². The molecule has 0 aliphatic rings. The van der Waals surface area contributed by atoms with Crippen molar-refractivity contribution in [2.75, 3.05) is 12.8 Å². The molecule has 0 bridgehead atoms. The first-order valence-electron chi connectivity index (χ1n) is 4.67. The summed E-state index contributed by atoms with van der Waals surface area (Å²) >= 11 is 0. The molecule has 0 fully saturated rings. The van der Waals surface area contributed by atoms with Crippen LogP contribution in [-0.4, -0.2) is 17.3 Å². The van der Waals surface area contributed by atoms with E-state index in [0.29, 0.717) is 5.69 Å². The predicted molar refractivity (Wildman–Crippen MR) is 59.7 cm³/mol. The highest BCUT2D eigenvalue weighted by Crippen LogP contribution is 2.34. The van der Waals surface area contributed by atoms with Gasteiger partial charge in [0.1, 0.15) is 5.75 Å². The third-order valence-corrected chi connectivity index (χ3v) is 2.37. The van der Waals surface area contributed by atoms with Crippen LogP contribution < -0.4 is 10.5 Å². The maximum Gasteiger partial charge on any atom is 0.128 e. The molecule has 78 valence electrons. The lowest BCUT2D eigenvalue weighted by Crippen LogP contribution is -1.94. The molecule has 0 atom stereocenters. The van der Waals surface area contributed by atoms with Crippen LogP contribution in [-0.2, 0) is 0 Å². The van der Waals surface area contributed by atoms with E-state index in [2.05, 4.69) is 10.2 Å². The summed E-state index contributed by atoms with van der Waals surface area (Å²) in [4.78, 5) is 0. The Labute approximate surface area is 88.1 Å². The number of aryl methyl sites for hydroxylation is 1. The average Bonchev–Trinajstić information content (AvgIpc) is 2.64. The van der Waals surface area contributed by atoms with Gasteiger partial charge in [-0.25, -0.2) is 0 Å². The first-order chi connectivity index (χ1) is 7.24. The third-order valence-electron chi connectivity index (χ3n) is 2.37. The molecule has 0 amide bonds. The number of nitrogens with zero attached hydrogens (tertiary/aromatic N) is 1. The molecule has 3 N–H and O–H groups in total. The molecule has 0 radical (unpaired) electrons. The Bertz CT molecular complexity index is 476. The number of nitrogens with two attached hydrogens (primary N) is 1. The highest BCUT2D eigenvalue weighted by atomic mass is 16.5. The molecule has 2 aromatic rings. The van der Waals surface area contributed by atoms with E-state index in [0.717, 1.165) is 22.6 Å². The van der Waals surface area contributed by atoms with Crippen LogP contribution in [0.2, 0.25) is 0 Å². The normalized spacial score (nSPS) is 10.3. The van der Waals surface area contributed by atoms with Crippen molar-refractivity contribution in [1.82, 2.24) is 10.2 Å². The summed E-state index contributed by atoms with van der Waals surface area (Å²) in [5.41, 5.74) is 9.32. The number of rotatable bonds is 2. The van der Waals surface area contributed by atoms with Crippen molar-refractivity contribution in [3.05, 3.63) is 30.0 Å². The molecule has 2 rings (SSSR count). The van der Waals surface area contributed by atoms with Crippen molar-refractivity contribution in [1.29, 1.82) is 0 Å². The number of nitrogen functional groups attached to an aromatic ring is 1. The zero-order valence-electron chi connectivity index (χ0n) is 8.74. The van der Waals surface area contributed by atoms with Crippen LogP contribution >= 0.6 is 0 Å². The van der Waals surface area contributed by atoms with E-state index in [1.165, 1.54) is 0 Å². The fourth-order valence-electron chi connectivity index (χ4n) is 1.63. The number of methoxy groups -OCH3 is 1. The summed E-state index contributed by atoms with van der Waals surface area (Å²) in [5.74, 6) is 0.797. The Hall–Kier alpha value is -1.97. The molecule has 0 aliphatic carbocycles. The number of aromatic amines is 1. The lowest BCUT2D eigenvalue weighted by molar-refractivity contribution is 0.416. The molecule has 0 unspecified atom stereocenters. The smallest absolute Gasteiger partial charge is 0.128 e. The summed E-state index contributed by atoms with van der Waals surface area (Å²) in [5, 5.41) is 6.79. The largest absolute Gasteiger partial charge is 0.496 e. The molecular formula is C11H13N3O. The highest BCUT2D eigenvalue weighted by molar-refractivity contribution is 5.79. The monoisotopic (exact) mass is 203 g/mol. The molecule has 0 saturated carbocycles. The van der Waals surface area contributed by atoms with Crippen LogP contribution in [0.5, 0.6) is 5.75 Å². The van der Waals surface area contributed by atoms with Gasteiger partial charge in [-0.05, 0) is 18.6 Å². The van der Waals surface area contributed by atoms with Crippen LogP contribution in [0, 0.1) is 6.92 Å². The number of anilines is 1. The SMILES string of the molecule is COc1cccc(C)c1-c1[nH]ncc1N. The van der Waals surface area contributed by atoms with Gasteiger partial charge in [0.25, 0.3) is 0 Å². The zero-order chi connectivity index (χ0) is 10.8. The van der Waals surface area contributed by atoms with Crippen LogP contribution in [0.3, 0.4) is 0 Å². The van der Waals surface area contributed by atoms with Crippen molar-refractivity contribution >= 4 is 5.69 Å². The Balaban J connectivity index is 2.66. The first kappa shape index (κ1) is 9.58. The number of hydrogen-bond donors (Lipinski definition) is 2. The van der Waals surface area contributed by atoms with Gasteiger partial charge in [-0.1, -0.05) is 12.1 Å². The van der Waals surface area contributed by atoms with Gasteiger partial charge >= 0.3 is 0 Å². The fraction of sp³-hybridized carbons (Fsp3) is 0.182. The van der Waals surface area contributed by atoms with Crippen molar-refractivity contribution in [3.8, 4) is 17.0 Å². The lowest BCUT2D eigenvalue weighted by atomic mass is 10.0. The fourth-order valence-corrected chi connectivity index (χ4v) is 1.63. The topological polar surface area (TPSA) is 63.9 Å². The van der Waals surface area contributed by atoms with Gasteiger partial charge in [-0.3, -0.25) is 5.10 Å². The Morgan fingerprint density at radius 2 is 2.20 bits per heavy atom. The van der Waals surface area contributed by atoms with Gasteiger partial charge in [0, 0.05) is 5.56 Å². The lowest BCUT2D eigenvalue weighted by Gasteiger charge is -2.10. The minimum Gasteiger partial charge on any atom is -0.496 e. The van der Waals surface area contributed by atoms with Crippen LogP contribution in [0.25, 0.3) is 11.3 Å². The quantitative estimate of drug-likeness (QED) is 0.784. The third kappa shape index (κ3) is 1.54. The van der Waals surface area contributed by atoms with Gasteiger partial charge in [0.2, 0.25) is 0 Å². The van der Waals surface area contributed by atoms with Gasteiger partial charge in [0.15, 0.2) is 0 Å². The molecule has 0 aliphatic heterocycles. The second-order valence-corrected chi connectivity index (χ2v) is 3.35. The molecule has 4 nitrogen and oxygen atoms in total. The Morgan fingerprint density at radius 3 is 2.80 bits per heavy atom. The Morgan fingerprint density at radius 1 is 1.40 bits per heavy atom. The van der Waals surface area contributed by atoms with Gasteiger partial charge < -0.3 is 10.5 Å². The maximum absolute atomic E-state index is 5.82. The summed E-state index contributed by atoms with van der Waals surface area (Å²) in [6.45, 7) is 2.01. The van der Waals surface area contributed by atoms with Crippen molar-refractivity contribution < 1.29 is 4.74 Å². The van der Waals surface area contributed by atoms with Gasteiger partial charge in [-0.15, -0.1) is 0 Å². The predicted octanol–water partition coefficient (Wildman–Crippen LogP) is 1.98. The van der Waals surface area contributed by atoms with Gasteiger partial charge in [0.05, 0.1) is 24.7 Å². The summed E-state index contributed by atoms with van der Waals surface area (Å²) in [6, 6.07) is 5.87. The van der Waals surface area contributed by atoms with E-state index in [1.54, 1.807) is 13.3 Å². The van der Waals surface area contributed by atoms with Crippen LogP contribution in [0.15, 0.2) is 24.4 Å². The molecule has 4 heteroatoms. The number of nitrogens with one attached hydrogen (secondary N) is 1. The standard InChI is InChI=1S/C11H13N3O/c1-7-4-3-5-9(15-2)10(7)11-8(12)6-13-14-11/h3-6H,12H2,1-2H3,(H,13,14). The van der Waals surface area contributed by atoms with E-state index in [9.17, 15) is 0 Å². The minimum atomic E-state index is 0.627. The van der Waals surface area contributed by atoms with Gasteiger partial charge in [-0.2, -0.15) is 5.10 Å². The zero-order valence-corrected chi connectivity index (χ0v) is 8.74. The van der Waals surface area contributed by atoms with Crippen LogP contribution in [0.4, 0.5) is 5.69 Å². The number of aromatic nitrogens is 2. The number of H-pyrrole nitrogens is 1. The molecule has 15 heavy (non-hydrogen) atoms. The Kier molecular flexibility index (Phi) is 2.33. The van der Waals surface area contributed by atoms with E-state index in [1.807, 2.05) is 25.1 Å². The van der Waals surface area contributed by atoms with Crippen molar-refractivity contribution in [3.63, 3.8) is 0 Å². The second kappa shape index (κ2) is 3.65. The maximum atomic E-state index is 5.82. The molecule has 0 spiro atoms.